The number of carboxylic acids is 1. The second-order valence-electron chi connectivity index (χ2n) is 6.28. The third-order valence-corrected chi connectivity index (χ3v) is 4.30. The standard InChI is InChI=1S/C20H21NO5/c1-13(10-25-12-19(22)23)21-20(24)26-11-18-16-8-4-2-6-14(16)15-7-3-5-9-17(15)18/h2-9,13,18H,10-12H2,1H3,(H,21,24)(H,22,23). The minimum Gasteiger partial charge on any atom is -0.480 e. The molecule has 2 aromatic carbocycles. The van der Waals surface area contributed by atoms with Crippen molar-refractivity contribution in [2.75, 3.05) is 19.8 Å². The summed E-state index contributed by atoms with van der Waals surface area (Å²) in [4.78, 5) is 22.4. The van der Waals surface area contributed by atoms with Crippen LogP contribution in [0.5, 0.6) is 0 Å². The molecule has 3 rings (SSSR count). The Morgan fingerprint density at radius 1 is 1.08 bits per heavy atom. The number of carbonyl (C=O) groups excluding carboxylic acids is 1. The highest BCUT2D eigenvalue weighted by atomic mass is 16.5. The van der Waals surface area contributed by atoms with Crippen LogP contribution in [-0.2, 0) is 14.3 Å². The van der Waals surface area contributed by atoms with Gasteiger partial charge in [0, 0.05) is 5.92 Å². The van der Waals surface area contributed by atoms with E-state index in [9.17, 15) is 9.59 Å². The van der Waals surface area contributed by atoms with Crippen LogP contribution in [0.1, 0.15) is 24.0 Å². The molecule has 2 aromatic rings. The summed E-state index contributed by atoms with van der Waals surface area (Å²) in [6, 6.07) is 15.9. The smallest absolute Gasteiger partial charge is 0.407 e. The average molecular weight is 355 g/mol. The Morgan fingerprint density at radius 2 is 1.65 bits per heavy atom. The van der Waals surface area contributed by atoms with E-state index in [0.29, 0.717) is 0 Å². The van der Waals surface area contributed by atoms with Crippen molar-refractivity contribution >= 4 is 12.1 Å². The lowest BCUT2D eigenvalue weighted by molar-refractivity contribution is -0.142. The van der Waals surface area contributed by atoms with Gasteiger partial charge in [-0.2, -0.15) is 0 Å². The Bertz CT molecular complexity index is 759. The Hall–Kier alpha value is -2.86. The van der Waals surface area contributed by atoms with Crippen LogP contribution in [0.15, 0.2) is 48.5 Å². The fourth-order valence-corrected chi connectivity index (χ4v) is 3.21. The number of fused-ring (bicyclic) bond motifs is 3. The van der Waals surface area contributed by atoms with E-state index in [4.69, 9.17) is 14.6 Å². The molecule has 1 unspecified atom stereocenters. The minimum atomic E-state index is -1.04. The van der Waals surface area contributed by atoms with Crippen LogP contribution >= 0.6 is 0 Å². The van der Waals surface area contributed by atoms with Crippen molar-refractivity contribution < 1.29 is 24.2 Å². The van der Waals surface area contributed by atoms with Gasteiger partial charge < -0.3 is 19.9 Å². The van der Waals surface area contributed by atoms with E-state index in [-0.39, 0.29) is 25.2 Å². The number of carbonyl (C=O) groups is 2. The first-order chi connectivity index (χ1) is 12.6. The predicted octanol–water partition coefficient (Wildman–Crippen LogP) is 3.01. The second-order valence-corrected chi connectivity index (χ2v) is 6.28. The van der Waals surface area contributed by atoms with Crippen LogP contribution in [0.4, 0.5) is 4.79 Å². The second kappa shape index (κ2) is 8.01. The van der Waals surface area contributed by atoms with E-state index in [1.807, 2.05) is 24.3 Å². The lowest BCUT2D eigenvalue weighted by Gasteiger charge is -2.17. The van der Waals surface area contributed by atoms with Crippen molar-refractivity contribution in [3.8, 4) is 11.1 Å². The molecule has 0 heterocycles. The molecule has 1 aliphatic carbocycles. The minimum absolute atomic E-state index is 0.00622. The normalized spacial score (nSPS) is 13.6. The number of hydrogen-bond donors (Lipinski definition) is 2. The van der Waals surface area contributed by atoms with Gasteiger partial charge in [0.05, 0.1) is 12.6 Å². The van der Waals surface area contributed by atoms with Crippen molar-refractivity contribution in [2.45, 2.75) is 18.9 Å². The molecule has 1 aliphatic rings. The largest absolute Gasteiger partial charge is 0.480 e. The first kappa shape index (κ1) is 17.9. The van der Waals surface area contributed by atoms with Crippen LogP contribution in [0.2, 0.25) is 0 Å². The molecule has 0 fully saturated rings. The molecular formula is C20H21NO5. The lowest BCUT2D eigenvalue weighted by Crippen LogP contribution is -2.37. The van der Waals surface area contributed by atoms with Gasteiger partial charge in [-0.1, -0.05) is 48.5 Å². The quantitative estimate of drug-likeness (QED) is 0.797. The number of ether oxygens (including phenoxy) is 2. The summed E-state index contributed by atoms with van der Waals surface area (Å²) in [5.41, 5.74) is 4.65. The summed E-state index contributed by atoms with van der Waals surface area (Å²) in [6.45, 7) is 1.68. The molecule has 0 radical (unpaired) electrons. The van der Waals surface area contributed by atoms with E-state index < -0.39 is 18.7 Å². The molecule has 0 aromatic heterocycles. The molecule has 2 N–H and O–H groups in total. The summed E-state index contributed by atoms with van der Waals surface area (Å²) in [5, 5.41) is 11.2. The maximum atomic E-state index is 12.0. The number of rotatable bonds is 7. The van der Waals surface area contributed by atoms with Crippen molar-refractivity contribution in [1.82, 2.24) is 5.32 Å². The molecule has 26 heavy (non-hydrogen) atoms. The van der Waals surface area contributed by atoms with Crippen LogP contribution in [0, 0.1) is 0 Å². The van der Waals surface area contributed by atoms with Gasteiger partial charge in [0.15, 0.2) is 0 Å². The molecule has 0 saturated carbocycles. The van der Waals surface area contributed by atoms with E-state index in [1.54, 1.807) is 6.92 Å². The monoisotopic (exact) mass is 355 g/mol. The number of aliphatic carboxylic acids is 1. The highest BCUT2D eigenvalue weighted by Crippen LogP contribution is 2.44. The number of nitrogens with one attached hydrogen (secondary N) is 1. The van der Waals surface area contributed by atoms with Crippen LogP contribution in [0.25, 0.3) is 11.1 Å². The summed E-state index contributed by atoms with van der Waals surface area (Å²) >= 11 is 0. The number of alkyl carbamates (subject to hydrolysis) is 1. The first-order valence-electron chi connectivity index (χ1n) is 8.47. The van der Waals surface area contributed by atoms with Crippen molar-refractivity contribution in [1.29, 1.82) is 0 Å². The molecular weight excluding hydrogens is 334 g/mol. The average Bonchev–Trinajstić information content (AvgIpc) is 2.93. The molecule has 6 nitrogen and oxygen atoms in total. The van der Waals surface area contributed by atoms with Gasteiger partial charge >= 0.3 is 12.1 Å². The topological polar surface area (TPSA) is 84.9 Å². The zero-order valence-electron chi connectivity index (χ0n) is 14.5. The van der Waals surface area contributed by atoms with Gasteiger partial charge in [-0.25, -0.2) is 9.59 Å². The van der Waals surface area contributed by atoms with Gasteiger partial charge in [0.25, 0.3) is 0 Å². The molecule has 136 valence electrons. The summed E-state index contributed by atoms with van der Waals surface area (Å²) in [7, 11) is 0. The predicted molar refractivity (Wildman–Crippen MR) is 96.1 cm³/mol. The van der Waals surface area contributed by atoms with Gasteiger partial charge in [-0.05, 0) is 29.2 Å². The van der Waals surface area contributed by atoms with E-state index >= 15 is 0 Å². The molecule has 0 saturated heterocycles. The maximum absolute atomic E-state index is 12.0. The summed E-state index contributed by atoms with van der Waals surface area (Å²) in [6.07, 6.45) is -0.543. The maximum Gasteiger partial charge on any atom is 0.407 e. The van der Waals surface area contributed by atoms with Crippen LogP contribution in [0.3, 0.4) is 0 Å². The van der Waals surface area contributed by atoms with E-state index in [0.717, 1.165) is 11.1 Å². The van der Waals surface area contributed by atoms with Gasteiger partial charge in [-0.15, -0.1) is 0 Å². The van der Waals surface area contributed by atoms with E-state index in [2.05, 4.69) is 29.6 Å². The zero-order chi connectivity index (χ0) is 18.5. The fraction of sp³-hybridized carbons (Fsp3) is 0.300. The molecule has 1 atom stereocenters. The highest BCUT2D eigenvalue weighted by molar-refractivity contribution is 5.79. The fourth-order valence-electron chi connectivity index (χ4n) is 3.21. The van der Waals surface area contributed by atoms with Crippen LogP contribution in [-0.4, -0.2) is 43.0 Å². The summed E-state index contributed by atoms with van der Waals surface area (Å²) < 4.78 is 10.4. The third kappa shape index (κ3) is 4.03. The van der Waals surface area contributed by atoms with Crippen LogP contribution < -0.4 is 5.32 Å². The van der Waals surface area contributed by atoms with Gasteiger partial charge in [-0.3, -0.25) is 0 Å². The molecule has 0 spiro atoms. The number of amides is 1. The van der Waals surface area contributed by atoms with Gasteiger partial charge in [0.1, 0.15) is 13.2 Å². The Labute approximate surface area is 151 Å². The first-order valence-corrected chi connectivity index (χ1v) is 8.47. The Kier molecular flexibility index (Phi) is 5.53. The zero-order valence-corrected chi connectivity index (χ0v) is 14.5. The molecule has 6 heteroatoms. The molecule has 0 bridgehead atoms. The SMILES string of the molecule is CC(COCC(=O)O)NC(=O)OCC1c2ccccc2-c2ccccc21. The molecule has 1 amide bonds. The third-order valence-electron chi connectivity index (χ3n) is 4.30. The lowest BCUT2D eigenvalue weighted by atomic mass is 9.98. The highest BCUT2D eigenvalue weighted by Gasteiger charge is 2.29. The van der Waals surface area contributed by atoms with Crippen molar-refractivity contribution in [3.05, 3.63) is 59.7 Å². The van der Waals surface area contributed by atoms with E-state index in [1.165, 1.54) is 11.1 Å². The Balaban J connectivity index is 1.58. The number of carboxylic acid groups (broad SMARTS) is 1. The Morgan fingerprint density at radius 3 is 2.23 bits per heavy atom. The number of hydrogen-bond acceptors (Lipinski definition) is 4. The van der Waals surface area contributed by atoms with Crippen molar-refractivity contribution in [2.24, 2.45) is 0 Å². The van der Waals surface area contributed by atoms with Gasteiger partial charge in [0.2, 0.25) is 0 Å². The molecule has 0 aliphatic heterocycles. The summed E-state index contributed by atoms with van der Waals surface area (Å²) in [5.74, 6) is -1.04. The van der Waals surface area contributed by atoms with Crippen molar-refractivity contribution in [3.63, 3.8) is 0 Å². The number of benzene rings is 2.